The molecular weight excluding hydrogens is 705 g/mol. The van der Waals surface area contributed by atoms with Crippen LogP contribution >= 0.6 is 0 Å². The zero-order valence-corrected chi connectivity index (χ0v) is 31.6. The minimum atomic E-state index is 0.908. The van der Waals surface area contributed by atoms with Crippen molar-refractivity contribution in [2.24, 2.45) is 0 Å². The van der Waals surface area contributed by atoms with E-state index in [0.717, 1.165) is 56.5 Å². The Bertz CT molecular complexity index is 3340. The first-order valence-electron chi connectivity index (χ1n) is 20.0. The number of hydrogen-bond acceptors (Lipinski definition) is 2. The van der Waals surface area contributed by atoms with Crippen LogP contribution in [0.3, 0.4) is 0 Å². The first kappa shape index (κ1) is 32.6. The number of hydrogen-bond donors (Lipinski definition) is 0. The van der Waals surface area contributed by atoms with Crippen molar-refractivity contribution in [1.29, 1.82) is 0 Å². The van der Waals surface area contributed by atoms with Gasteiger partial charge in [0.1, 0.15) is 11.2 Å². The van der Waals surface area contributed by atoms with E-state index in [0.29, 0.717) is 0 Å². The topological polar surface area (TPSA) is 21.3 Å². The first-order chi connectivity index (χ1) is 28.7. The molecule has 0 atom stereocenters. The van der Waals surface area contributed by atoms with Gasteiger partial charge in [0, 0.05) is 56.3 Å². The van der Waals surface area contributed by atoms with Gasteiger partial charge in [-0.1, -0.05) is 146 Å². The van der Waals surface area contributed by atoms with Gasteiger partial charge in [0.15, 0.2) is 0 Å². The molecular formula is C55H36N2O. The number of anilines is 3. The third-order valence-electron chi connectivity index (χ3n) is 11.9. The highest BCUT2D eigenvalue weighted by Crippen LogP contribution is 2.43. The highest BCUT2D eigenvalue weighted by atomic mass is 16.3. The second-order valence-electron chi connectivity index (χ2n) is 15.3. The minimum Gasteiger partial charge on any atom is -0.455 e. The summed E-state index contributed by atoms with van der Waals surface area (Å²) in [5, 5.41) is 4.91. The van der Waals surface area contributed by atoms with Crippen LogP contribution in [0, 0.1) is 0 Å². The second-order valence-corrected chi connectivity index (χ2v) is 15.3. The molecule has 0 saturated carbocycles. The van der Waals surface area contributed by atoms with Crippen molar-refractivity contribution in [3.8, 4) is 39.1 Å². The van der Waals surface area contributed by atoms with Crippen LogP contribution in [0.1, 0.15) is 11.1 Å². The van der Waals surface area contributed by atoms with Gasteiger partial charge in [-0.3, -0.25) is 0 Å². The Morgan fingerprint density at radius 1 is 0.414 bits per heavy atom. The van der Waals surface area contributed by atoms with Crippen molar-refractivity contribution in [3.05, 3.63) is 217 Å². The molecule has 0 bridgehead atoms. The van der Waals surface area contributed by atoms with Crippen LogP contribution in [-0.2, 0) is 6.42 Å². The number of benzene rings is 9. The van der Waals surface area contributed by atoms with Crippen molar-refractivity contribution in [2.75, 3.05) is 4.90 Å². The highest BCUT2D eigenvalue weighted by molar-refractivity contribution is 6.12. The fraction of sp³-hybridized carbons (Fsp3) is 0.0182. The molecule has 0 N–H and O–H groups in total. The number of para-hydroxylation sites is 3. The standard InChI is InChI=1S/C55H36N2O/c1-2-10-36(11-3-1)37-20-27-42(28-21-37)56(44-31-24-39(25-32-44)46-16-9-17-50-48-15-5-7-19-53(48)58-55(46)50)43-29-22-38(23-30-43)40-12-8-13-45(34-40)57-52-18-6-4-14-47(52)49-33-26-41-35-51(41)54(49)57/h1-34H,35H2. The lowest BCUT2D eigenvalue weighted by Crippen LogP contribution is -2.09. The van der Waals surface area contributed by atoms with Crippen molar-refractivity contribution >= 4 is 60.8 Å². The fourth-order valence-corrected chi connectivity index (χ4v) is 9.00. The smallest absolute Gasteiger partial charge is 0.143 e. The molecule has 3 nitrogen and oxygen atoms in total. The van der Waals surface area contributed by atoms with Crippen LogP contribution in [0.2, 0.25) is 0 Å². The molecule has 3 heteroatoms. The third-order valence-corrected chi connectivity index (χ3v) is 11.9. The van der Waals surface area contributed by atoms with E-state index in [2.05, 4.69) is 204 Å². The molecule has 0 unspecified atom stereocenters. The Hall–Kier alpha value is -7.62. The van der Waals surface area contributed by atoms with Crippen LogP contribution in [0.5, 0.6) is 0 Å². The number of aromatic nitrogens is 1. The number of rotatable bonds is 7. The summed E-state index contributed by atoms with van der Waals surface area (Å²) in [5.74, 6) is 0. The molecule has 0 saturated heterocycles. The van der Waals surface area contributed by atoms with Crippen LogP contribution in [0.15, 0.2) is 211 Å². The van der Waals surface area contributed by atoms with Crippen molar-refractivity contribution in [2.45, 2.75) is 6.42 Å². The summed E-state index contributed by atoms with van der Waals surface area (Å²) in [6, 6.07) is 74.4. The summed E-state index contributed by atoms with van der Waals surface area (Å²) >= 11 is 0. The Morgan fingerprint density at radius 2 is 1.00 bits per heavy atom. The van der Waals surface area contributed by atoms with Gasteiger partial charge < -0.3 is 13.9 Å². The van der Waals surface area contributed by atoms with E-state index in [-0.39, 0.29) is 0 Å². The molecule has 1 aliphatic rings. The summed E-state index contributed by atoms with van der Waals surface area (Å²) in [4.78, 5) is 2.34. The molecule has 2 heterocycles. The maximum absolute atomic E-state index is 6.41. The predicted molar refractivity (Wildman–Crippen MR) is 242 cm³/mol. The summed E-state index contributed by atoms with van der Waals surface area (Å²) in [6.45, 7) is 0. The van der Waals surface area contributed by atoms with E-state index in [1.807, 2.05) is 12.1 Å². The van der Waals surface area contributed by atoms with Gasteiger partial charge in [0.2, 0.25) is 0 Å². The number of furan rings is 1. The maximum atomic E-state index is 6.41. The monoisotopic (exact) mass is 740 g/mol. The molecule has 0 radical (unpaired) electrons. The normalized spacial score (nSPS) is 12.1. The molecule has 272 valence electrons. The fourth-order valence-electron chi connectivity index (χ4n) is 9.00. The molecule has 9 aromatic carbocycles. The predicted octanol–water partition coefficient (Wildman–Crippen LogP) is 15.1. The molecule has 11 aromatic rings. The van der Waals surface area contributed by atoms with Gasteiger partial charge in [-0.25, -0.2) is 0 Å². The molecule has 1 aliphatic carbocycles. The summed E-state index contributed by atoms with van der Waals surface area (Å²) in [7, 11) is 0. The van der Waals surface area contributed by atoms with Crippen LogP contribution in [0.25, 0.3) is 82.8 Å². The summed E-state index contributed by atoms with van der Waals surface area (Å²) < 4.78 is 8.88. The van der Waals surface area contributed by atoms with Crippen molar-refractivity contribution < 1.29 is 4.42 Å². The van der Waals surface area contributed by atoms with Gasteiger partial charge in [0.05, 0.1) is 11.0 Å². The van der Waals surface area contributed by atoms with E-state index in [4.69, 9.17) is 4.42 Å². The Kier molecular flexibility index (Phi) is 7.29. The van der Waals surface area contributed by atoms with E-state index in [9.17, 15) is 0 Å². The molecule has 2 aromatic heterocycles. The molecule has 0 spiro atoms. The Labute approximate surface area is 336 Å². The van der Waals surface area contributed by atoms with Gasteiger partial charge in [-0.05, 0) is 99.6 Å². The van der Waals surface area contributed by atoms with Gasteiger partial charge in [-0.15, -0.1) is 0 Å². The zero-order chi connectivity index (χ0) is 38.2. The Balaban J connectivity index is 0.927. The van der Waals surface area contributed by atoms with Crippen LogP contribution in [0.4, 0.5) is 17.1 Å². The number of nitrogens with zero attached hydrogens (tertiary/aromatic N) is 2. The Morgan fingerprint density at radius 3 is 1.76 bits per heavy atom. The van der Waals surface area contributed by atoms with E-state index < -0.39 is 0 Å². The lowest BCUT2D eigenvalue weighted by atomic mass is 10.0. The summed E-state index contributed by atoms with van der Waals surface area (Å²) in [6.07, 6.45) is 1.08. The third kappa shape index (κ3) is 5.28. The van der Waals surface area contributed by atoms with Crippen molar-refractivity contribution in [1.82, 2.24) is 4.57 Å². The average Bonchev–Trinajstić information content (AvgIpc) is 3.88. The lowest BCUT2D eigenvalue weighted by molar-refractivity contribution is 0.670. The van der Waals surface area contributed by atoms with E-state index in [1.165, 1.54) is 60.9 Å². The summed E-state index contributed by atoms with van der Waals surface area (Å²) in [5.41, 5.74) is 18.8. The molecule has 0 amide bonds. The average molecular weight is 741 g/mol. The largest absolute Gasteiger partial charge is 0.455 e. The van der Waals surface area contributed by atoms with Crippen LogP contribution in [-0.4, -0.2) is 4.57 Å². The molecule has 58 heavy (non-hydrogen) atoms. The second kappa shape index (κ2) is 13.0. The number of fused-ring (bicyclic) bond motifs is 8. The molecule has 0 aliphatic heterocycles. The minimum absolute atomic E-state index is 0.908. The molecule has 0 fully saturated rings. The van der Waals surface area contributed by atoms with Crippen LogP contribution < -0.4 is 4.90 Å². The highest BCUT2D eigenvalue weighted by Gasteiger charge is 2.25. The van der Waals surface area contributed by atoms with Gasteiger partial charge in [-0.2, -0.15) is 0 Å². The zero-order valence-electron chi connectivity index (χ0n) is 31.6. The molecule has 12 rings (SSSR count). The SMILES string of the molecule is c1ccc(-c2ccc(N(c3ccc(-c4cccc(-n5c6ccccc6c6ccc7c(c65)C7)c4)cc3)c3ccc(-c4cccc5c4oc4ccccc45)cc3)cc2)cc1. The van der Waals surface area contributed by atoms with E-state index >= 15 is 0 Å². The first-order valence-corrected chi connectivity index (χ1v) is 20.0. The maximum Gasteiger partial charge on any atom is 0.143 e. The van der Waals surface area contributed by atoms with Gasteiger partial charge >= 0.3 is 0 Å². The lowest BCUT2D eigenvalue weighted by Gasteiger charge is -2.26. The van der Waals surface area contributed by atoms with Crippen molar-refractivity contribution in [3.63, 3.8) is 0 Å². The van der Waals surface area contributed by atoms with E-state index in [1.54, 1.807) is 0 Å². The van der Waals surface area contributed by atoms with Gasteiger partial charge in [0.25, 0.3) is 0 Å². The quantitative estimate of drug-likeness (QED) is 0.162.